The lowest BCUT2D eigenvalue weighted by Crippen LogP contribution is -2.53. The quantitative estimate of drug-likeness (QED) is 0.0800. The molecule has 1 saturated carbocycles. The molecule has 5 aromatic rings. The number of hydrazine groups is 1. The normalized spacial score (nSPS) is 24.0. The van der Waals surface area contributed by atoms with Crippen LogP contribution < -0.4 is 24.5 Å². The fraction of sp³-hybridized carbons (Fsp3) is 0.229. The van der Waals surface area contributed by atoms with E-state index in [0.717, 1.165) is 9.91 Å². The number of benzene rings is 5. The lowest BCUT2D eigenvalue weighted by atomic mass is 9.49. The number of fused-ring (bicyclic) bond motifs is 4. The number of phenolic OH excluding ortho intramolecular Hbond substituents is 1. The summed E-state index contributed by atoms with van der Waals surface area (Å²) in [6.07, 6.45) is 2.00. The minimum atomic E-state index is -1.75. The molecule has 9 rings (SSSR count). The Bertz CT molecular complexity index is 2710. The number of rotatable bonds is 10. The number of amides is 4. The average Bonchev–Trinajstić information content (AvgIpc) is 3.67. The number of phenols is 1. The van der Waals surface area contributed by atoms with Crippen LogP contribution in [0, 0.1) is 23.7 Å². The highest BCUT2D eigenvalue weighted by molar-refractivity contribution is 6.36. The molecule has 0 radical (unpaired) electrons. The van der Waals surface area contributed by atoms with E-state index in [1.54, 1.807) is 91.0 Å². The summed E-state index contributed by atoms with van der Waals surface area (Å²) in [6, 6.07) is 29.6. The molecule has 6 atom stereocenters. The number of halogens is 2. The molecule has 14 heteroatoms. The van der Waals surface area contributed by atoms with Crippen molar-refractivity contribution in [2.45, 2.75) is 24.2 Å². The molecule has 5 aromatic carbocycles. The molecule has 62 heavy (non-hydrogen) atoms. The third kappa shape index (κ3) is 6.22. The number of ether oxygens (including phenoxy) is 3. The summed E-state index contributed by atoms with van der Waals surface area (Å²) in [4.78, 5) is 74.5. The van der Waals surface area contributed by atoms with Crippen molar-refractivity contribution < 1.29 is 43.3 Å². The minimum absolute atomic E-state index is 0.0107. The first-order valence-electron chi connectivity index (χ1n) is 19.9. The van der Waals surface area contributed by atoms with Crippen LogP contribution >= 0.6 is 23.2 Å². The Kier molecular flexibility index (Phi) is 10.3. The maximum atomic E-state index is 15.7. The van der Waals surface area contributed by atoms with E-state index in [1.807, 2.05) is 12.1 Å². The summed E-state index contributed by atoms with van der Waals surface area (Å²) >= 11 is 12.8. The van der Waals surface area contributed by atoms with Crippen LogP contribution in [0.3, 0.4) is 0 Å². The maximum absolute atomic E-state index is 15.7. The zero-order valence-electron chi connectivity index (χ0n) is 33.6. The first kappa shape index (κ1) is 40.8. The van der Waals surface area contributed by atoms with Gasteiger partial charge in [0, 0.05) is 39.8 Å². The second kappa shape index (κ2) is 15.7. The second-order valence-corrected chi connectivity index (χ2v) is 16.6. The lowest BCUT2D eigenvalue weighted by molar-refractivity contribution is -0.138. The van der Waals surface area contributed by atoms with Gasteiger partial charge in [-0.2, -0.15) is 5.01 Å². The van der Waals surface area contributed by atoms with Crippen LogP contribution in [0.2, 0.25) is 10.0 Å². The molecule has 4 aliphatic rings. The third-order valence-corrected chi connectivity index (χ3v) is 13.4. The van der Waals surface area contributed by atoms with Gasteiger partial charge < -0.3 is 19.3 Å². The Morgan fingerprint density at radius 3 is 2.11 bits per heavy atom. The van der Waals surface area contributed by atoms with Gasteiger partial charge in [0.05, 0.1) is 60.9 Å². The summed E-state index contributed by atoms with van der Waals surface area (Å²) in [5.74, 6) is -6.42. The molecule has 2 heterocycles. The predicted octanol–water partition coefficient (Wildman–Crippen LogP) is 8.15. The molecule has 0 bridgehead atoms. The van der Waals surface area contributed by atoms with Gasteiger partial charge in [0.2, 0.25) is 11.8 Å². The number of allylic oxidation sites excluding steroid dienone is 2. The molecule has 0 spiro atoms. The number of methoxy groups -OCH3 is 3. The minimum Gasteiger partial charge on any atom is -0.507 e. The molecule has 2 aliphatic heterocycles. The van der Waals surface area contributed by atoms with Gasteiger partial charge in [-0.15, -0.1) is 0 Å². The lowest BCUT2D eigenvalue weighted by Gasteiger charge is -2.50. The van der Waals surface area contributed by atoms with Crippen LogP contribution in [0.25, 0.3) is 0 Å². The topological polar surface area (TPSA) is 152 Å². The number of nitrogens with one attached hydrogen (secondary N) is 1. The van der Waals surface area contributed by atoms with Crippen LogP contribution in [0.5, 0.6) is 23.0 Å². The van der Waals surface area contributed by atoms with Crippen LogP contribution in [0.1, 0.15) is 45.8 Å². The average molecular weight is 873 g/mol. The van der Waals surface area contributed by atoms with Crippen LogP contribution in [-0.2, 0) is 24.6 Å². The zero-order valence-corrected chi connectivity index (χ0v) is 35.1. The van der Waals surface area contributed by atoms with Gasteiger partial charge in [0.15, 0.2) is 5.78 Å². The van der Waals surface area contributed by atoms with Gasteiger partial charge in [-0.3, -0.25) is 34.3 Å². The van der Waals surface area contributed by atoms with E-state index in [9.17, 15) is 19.5 Å². The van der Waals surface area contributed by atoms with E-state index in [1.165, 1.54) is 33.5 Å². The van der Waals surface area contributed by atoms with Crippen molar-refractivity contribution in [3.63, 3.8) is 0 Å². The second-order valence-electron chi connectivity index (χ2n) is 15.7. The van der Waals surface area contributed by atoms with Crippen molar-refractivity contribution in [3.05, 3.63) is 153 Å². The monoisotopic (exact) mass is 871 g/mol. The zero-order chi connectivity index (χ0) is 43.6. The number of hydrogen-bond acceptors (Lipinski definition) is 10. The molecule has 314 valence electrons. The van der Waals surface area contributed by atoms with Crippen LogP contribution in [0.15, 0.2) is 121 Å². The van der Waals surface area contributed by atoms with E-state index in [4.69, 9.17) is 37.4 Å². The summed E-state index contributed by atoms with van der Waals surface area (Å²) in [5.41, 5.74) is 3.88. The number of aromatic hydroxyl groups is 1. The molecular formula is C48H39Cl2N3O9. The van der Waals surface area contributed by atoms with E-state index in [0.29, 0.717) is 38.7 Å². The van der Waals surface area contributed by atoms with E-state index >= 15 is 9.59 Å². The summed E-state index contributed by atoms with van der Waals surface area (Å²) < 4.78 is 16.9. The van der Waals surface area contributed by atoms with Crippen molar-refractivity contribution >= 4 is 64.0 Å². The number of anilines is 2. The molecule has 2 N–H and O–H groups in total. The van der Waals surface area contributed by atoms with Gasteiger partial charge in [-0.1, -0.05) is 77.3 Å². The molecule has 4 amide bonds. The molecule has 0 aromatic heterocycles. The Balaban J connectivity index is 1.20. The summed E-state index contributed by atoms with van der Waals surface area (Å²) in [6.45, 7) is 0. The fourth-order valence-corrected chi connectivity index (χ4v) is 10.5. The SMILES string of the molecule is COc1ccc(C23C(=O)N(Nc4ccc(Cl)cc4Cl)C(=O)C2CC2C(=CCC4C(=O)N(c5ccc(C(=O)c6ccccc6)cc5)C(=O)C42)C3c2c(O)cc(OC)cc2OC)cc1. The van der Waals surface area contributed by atoms with Crippen LogP contribution in [0.4, 0.5) is 11.4 Å². The number of carbonyl (C=O) groups excluding carboxylic acids is 5. The highest BCUT2D eigenvalue weighted by Crippen LogP contribution is 2.66. The maximum Gasteiger partial charge on any atom is 0.260 e. The van der Waals surface area contributed by atoms with Gasteiger partial charge in [0.25, 0.3) is 11.8 Å². The van der Waals surface area contributed by atoms with E-state index < -0.39 is 58.6 Å². The van der Waals surface area contributed by atoms with Gasteiger partial charge in [-0.25, -0.2) is 0 Å². The summed E-state index contributed by atoms with van der Waals surface area (Å²) in [5, 5.41) is 13.5. The fourth-order valence-electron chi connectivity index (χ4n) is 10.1. The first-order valence-corrected chi connectivity index (χ1v) is 20.7. The molecule has 2 aliphatic carbocycles. The Morgan fingerprint density at radius 1 is 0.758 bits per heavy atom. The van der Waals surface area contributed by atoms with Crippen molar-refractivity contribution in [1.29, 1.82) is 0 Å². The van der Waals surface area contributed by atoms with Crippen molar-refractivity contribution in [2.75, 3.05) is 31.7 Å². The molecule has 6 unspecified atom stereocenters. The number of ketones is 1. The van der Waals surface area contributed by atoms with Gasteiger partial charge in [0.1, 0.15) is 23.0 Å². The highest BCUT2D eigenvalue weighted by atomic mass is 35.5. The third-order valence-electron chi connectivity index (χ3n) is 12.8. The predicted molar refractivity (Wildman–Crippen MR) is 231 cm³/mol. The van der Waals surface area contributed by atoms with Crippen molar-refractivity contribution in [2.24, 2.45) is 23.7 Å². The molecule has 3 fully saturated rings. The summed E-state index contributed by atoms with van der Waals surface area (Å²) in [7, 11) is 4.38. The van der Waals surface area contributed by atoms with E-state index in [-0.39, 0.29) is 52.1 Å². The molecule has 2 saturated heterocycles. The molecule has 12 nitrogen and oxygen atoms in total. The van der Waals surface area contributed by atoms with Crippen molar-refractivity contribution in [1.82, 2.24) is 5.01 Å². The van der Waals surface area contributed by atoms with Crippen LogP contribution in [-0.4, -0.2) is 60.9 Å². The first-order chi connectivity index (χ1) is 29.9. The number of imide groups is 2. The smallest absolute Gasteiger partial charge is 0.260 e. The van der Waals surface area contributed by atoms with Gasteiger partial charge in [-0.05, 0) is 78.9 Å². The number of nitrogens with zero attached hydrogens (tertiary/aromatic N) is 2. The Morgan fingerprint density at radius 2 is 1.45 bits per heavy atom. The Hall–Kier alpha value is -6.63. The largest absolute Gasteiger partial charge is 0.507 e. The van der Waals surface area contributed by atoms with Crippen molar-refractivity contribution in [3.8, 4) is 23.0 Å². The van der Waals surface area contributed by atoms with Gasteiger partial charge >= 0.3 is 0 Å². The van der Waals surface area contributed by atoms with E-state index in [2.05, 4.69) is 5.43 Å². The standard InChI is InChI=1S/C48H39Cl2N3O9/c1-60-30-16-11-27(12-17-30)48-35(45(57)53(47(48)59)51-37-20-13-28(49)21-36(37)50)24-34-32(42(48)41-38(54)22-31(61-2)23-39(41)62-3)18-19-33-40(34)46(58)52(44(33)56)29-14-9-26(10-15-29)43(55)25-7-5-4-6-8-25/h4-18,20-23,33-35,40,42,51,54H,19,24H2,1-3H3. The Labute approximate surface area is 366 Å². The number of hydrogen-bond donors (Lipinski definition) is 2. The highest BCUT2D eigenvalue weighted by Gasteiger charge is 2.71. The number of carbonyl (C=O) groups is 5. The molecular weight excluding hydrogens is 833 g/mol.